The van der Waals surface area contributed by atoms with E-state index in [4.69, 9.17) is 0 Å². The zero-order valence-corrected chi connectivity index (χ0v) is 15.7. The average molecular weight is 402 g/mol. The van der Waals surface area contributed by atoms with Crippen LogP contribution < -0.4 is 5.32 Å². The number of carbonyl (C=O) groups excluding carboxylic acids is 1. The van der Waals surface area contributed by atoms with Crippen LogP contribution in [0.1, 0.15) is 29.7 Å². The lowest BCUT2D eigenvalue weighted by atomic mass is 9.97. The Kier molecular flexibility index (Phi) is 5.68. The molecule has 1 N–H and O–H groups in total. The van der Waals surface area contributed by atoms with Crippen LogP contribution in [0.25, 0.3) is 11.1 Å². The molecule has 0 radical (unpaired) electrons. The first-order chi connectivity index (χ1) is 13.6. The fraction of sp³-hybridized carbons (Fsp3) is 0.182. The summed E-state index contributed by atoms with van der Waals surface area (Å²) >= 11 is 0. The number of aromatic nitrogens is 1. The summed E-state index contributed by atoms with van der Waals surface area (Å²) in [4.78, 5) is 16.6. The van der Waals surface area contributed by atoms with Crippen LogP contribution in [0.15, 0.2) is 60.8 Å². The van der Waals surface area contributed by atoms with Gasteiger partial charge in [0, 0.05) is 17.6 Å². The van der Waals surface area contributed by atoms with Crippen molar-refractivity contribution in [3.8, 4) is 11.1 Å². The smallest absolute Gasteiger partial charge is 0.326 e. The topological polar surface area (TPSA) is 42.0 Å². The number of rotatable bonds is 4. The second kappa shape index (κ2) is 8.03. The van der Waals surface area contributed by atoms with E-state index in [1.165, 1.54) is 13.0 Å². The maximum Gasteiger partial charge on any atom is 0.419 e. The Labute approximate surface area is 165 Å². The van der Waals surface area contributed by atoms with Gasteiger partial charge in [0.05, 0.1) is 11.5 Å². The summed E-state index contributed by atoms with van der Waals surface area (Å²) in [5.41, 5.74) is 2.01. The van der Waals surface area contributed by atoms with Gasteiger partial charge < -0.3 is 5.32 Å². The van der Waals surface area contributed by atoms with Crippen molar-refractivity contribution in [1.82, 2.24) is 4.98 Å². The maximum atomic E-state index is 13.5. The van der Waals surface area contributed by atoms with E-state index in [9.17, 15) is 22.4 Å². The Morgan fingerprint density at radius 3 is 2.31 bits per heavy atom. The molecule has 1 amide bonds. The van der Waals surface area contributed by atoms with Crippen molar-refractivity contribution in [2.24, 2.45) is 0 Å². The van der Waals surface area contributed by atoms with Crippen LogP contribution in [0.4, 0.5) is 23.2 Å². The summed E-state index contributed by atoms with van der Waals surface area (Å²) in [5.74, 6) is -2.74. The number of alkyl halides is 3. The highest BCUT2D eigenvalue weighted by Crippen LogP contribution is 2.33. The molecule has 2 aromatic carbocycles. The zero-order valence-electron chi connectivity index (χ0n) is 15.7. The minimum atomic E-state index is -4.82. The average Bonchev–Trinajstić information content (AvgIpc) is 2.67. The van der Waals surface area contributed by atoms with Gasteiger partial charge in [-0.25, -0.2) is 4.39 Å². The van der Waals surface area contributed by atoms with Gasteiger partial charge >= 0.3 is 6.18 Å². The molecule has 0 fully saturated rings. The summed E-state index contributed by atoms with van der Waals surface area (Å²) in [7, 11) is 0. The summed E-state index contributed by atoms with van der Waals surface area (Å²) in [6, 6.07) is 13.5. The molecule has 1 heterocycles. The molecule has 7 heteroatoms. The third kappa shape index (κ3) is 4.80. The van der Waals surface area contributed by atoms with Crippen LogP contribution in [0, 0.1) is 12.7 Å². The van der Waals surface area contributed by atoms with Gasteiger partial charge in [-0.2, -0.15) is 13.2 Å². The number of nitrogens with zero attached hydrogens (tertiary/aromatic N) is 1. The van der Waals surface area contributed by atoms with Crippen molar-refractivity contribution in [1.29, 1.82) is 0 Å². The quantitative estimate of drug-likeness (QED) is 0.548. The molecule has 3 aromatic rings. The Hall–Kier alpha value is -3.22. The van der Waals surface area contributed by atoms with E-state index in [0.29, 0.717) is 11.8 Å². The number of nitrogens with one attached hydrogen (secondary N) is 1. The lowest BCUT2D eigenvalue weighted by molar-refractivity contribution is -0.140. The van der Waals surface area contributed by atoms with E-state index in [1.807, 2.05) is 31.2 Å². The predicted octanol–water partition coefficient (Wildman–Crippen LogP) is 5.96. The van der Waals surface area contributed by atoms with Gasteiger partial charge in [-0.05, 0) is 66.9 Å². The van der Waals surface area contributed by atoms with E-state index in [1.54, 1.807) is 18.3 Å². The first kappa shape index (κ1) is 20.5. The normalized spacial score (nSPS) is 12.5. The minimum absolute atomic E-state index is 0.0834. The number of hydrogen-bond acceptors (Lipinski definition) is 2. The van der Waals surface area contributed by atoms with Gasteiger partial charge in [0.25, 0.3) is 0 Å². The molecule has 150 valence electrons. The van der Waals surface area contributed by atoms with E-state index in [2.05, 4.69) is 10.3 Å². The van der Waals surface area contributed by atoms with Crippen LogP contribution in [0.3, 0.4) is 0 Å². The Balaban J connectivity index is 1.75. The highest BCUT2D eigenvalue weighted by atomic mass is 19.4. The first-order valence-corrected chi connectivity index (χ1v) is 8.86. The SMILES string of the molecule is Cc1cc(-c2ccc(NC(=O)C(C)c3ccc(F)c(C(F)(F)F)c3)cc2)ccn1. The predicted molar refractivity (Wildman–Crippen MR) is 103 cm³/mol. The summed E-state index contributed by atoms with van der Waals surface area (Å²) in [6.45, 7) is 3.36. The van der Waals surface area contributed by atoms with Gasteiger partial charge in [-0.1, -0.05) is 18.2 Å². The van der Waals surface area contributed by atoms with E-state index in [-0.39, 0.29) is 5.56 Å². The van der Waals surface area contributed by atoms with Crippen molar-refractivity contribution in [2.75, 3.05) is 5.32 Å². The van der Waals surface area contributed by atoms with Crippen molar-refractivity contribution in [3.63, 3.8) is 0 Å². The lowest BCUT2D eigenvalue weighted by Gasteiger charge is -2.15. The van der Waals surface area contributed by atoms with Gasteiger partial charge in [0.15, 0.2) is 0 Å². The fourth-order valence-corrected chi connectivity index (χ4v) is 2.90. The van der Waals surface area contributed by atoms with Crippen molar-refractivity contribution in [3.05, 3.63) is 83.4 Å². The monoisotopic (exact) mass is 402 g/mol. The third-order valence-corrected chi connectivity index (χ3v) is 4.57. The number of aryl methyl sites for hydroxylation is 1. The minimum Gasteiger partial charge on any atom is -0.326 e. The molecule has 29 heavy (non-hydrogen) atoms. The molecule has 3 rings (SSSR count). The highest BCUT2D eigenvalue weighted by molar-refractivity contribution is 5.95. The van der Waals surface area contributed by atoms with E-state index >= 15 is 0 Å². The zero-order chi connectivity index (χ0) is 21.2. The van der Waals surface area contributed by atoms with Crippen molar-refractivity contribution in [2.45, 2.75) is 25.9 Å². The van der Waals surface area contributed by atoms with Crippen LogP contribution >= 0.6 is 0 Å². The summed E-state index contributed by atoms with van der Waals surface area (Å²) < 4.78 is 52.2. The standard InChI is InChI=1S/C22H18F4N2O/c1-13-11-17(9-10-27-13)15-3-6-18(7-4-15)28-21(29)14(2)16-5-8-20(23)19(12-16)22(24,25)26/h3-12,14H,1-2H3,(H,28,29). The van der Waals surface area contributed by atoms with Crippen LogP contribution in [-0.4, -0.2) is 10.9 Å². The molecule has 0 saturated heterocycles. The molecule has 0 spiro atoms. The van der Waals surface area contributed by atoms with Crippen LogP contribution in [-0.2, 0) is 11.0 Å². The molecule has 0 bridgehead atoms. The molecular weight excluding hydrogens is 384 g/mol. The van der Waals surface area contributed by atoms with Gasteiger partial charge in [-0.3, -0.25) is 9.78 Å². The molecule has 1 unspecified atom stereocenters. The number of hydrogen-bond donors (Lipinski definition) is 1. The Morgan fingerprint density at radius 1 is 1.00 bits per heavy atom. The highest BCUT2D eigenvalue weighted by Gasteiger charge is 2.34. The fourth-order valence-electron chi connectivity index (χ4n) is 2.90. The van der Waals surface area contributed by atoms with Gasteiger partial charge in [-0.15, -0.1) is 0 Å². The van der Waals surface area contributed by atoms with E-state index < -0.39 is 29.4 Å². The molecule has 0 aliphatic carbocycles. The van der Waals surface area contributed by atoms with E-state index in [0.717, 1.165) is 22.9 Å². The van der Waals surface area contributed by atoms with Gasteiger partial charge in [0.1, 0.15) is 5.82 Å². The third-order valence-electron chi connectivity index (χ3n) is 4.57. The molecule has 3 nitrogen and oxygen atoms in total. The van der Waals surface area contributed by atoms with Crippen molar-refractivity contribution < 1.29 is 22.4 Å². The second-order valence-electron chi connectivity index (χ2n) is 6.71. The Morgan fingerprint density at radius 2 is 1.69 bits per heavy atom. The molecule has 0 saturated carbocycles. The Bertz CT molecular complexity index is 1030. The molecule has 1 atom stereocenters. The summed E-state index contributed by atoms with van der Waals surface area (Å²) in [5, 5.41) is 2.68. The van der Waals surface area contributed by atoms with Crippen molar-refractivity contribution >= 4 is 11.6 Å². The number of halogens is 4. The number of carbonyl (C=O) groups is 1. The summed E-state index contributed by atoms with van der Waals surface area (Å²) in [6.07, 6.45) is -3.11. The van der Waals surface area contributed by atoms with Gasteiger partial charge in [0.2, 0.25) is 5.91 Å². The number of amides is 1. The number of benzene rings is 2. The second-order valence-corrected chi connectivity index (χ2v) is 6.71. The first-order valence-electron chi connectivity index (χ1n) is 8.86. The molecular formula is C22H18F4N2O. The van der Waals surface area contributed by atoms with Crippen LogP contribution in [0.5, 0.6) is 0 Å². The molecule has 0 aliphatic heterocycles. The maximum absolute atomic E-state index is 13.5. The van der Waals surface area contributed by atoms with Crippen LogP contribution in [0.2, 0.25) is 0 Å². The molecule has 1 aromatic heterocycles. The lowest BCUT2D eigenvalue weighted by Crippen LogP contribution is -2.19. The molecule has 0 aliphatic rings. The largest absolute Gasteiger partial charge is 0.419 e. The number of anilines is 1. The number of pyridine rings is 1.